The first-order valence-corrected chi connectivity index (χ1v) is 15.2. The summed E-state index contributed by atoms with van der Waals surface area (Å²) in [5.74, 6) is -1.65. The maximum Gasteiger partial charge on any atom is 0.414 e. The molecule has 1 aromatic heterocycles. The second-order valence-electron chi connectivity index (χ2n) is 10.3. The fourth-order valence-electron chi connectivity index (χ4n) is 3.34. The monoisotopic (exact) mass is 611 g/mol. The number of hydrogen-bond acceptors (Lipinski definition) is 6. The van der Waals surface area contributed by atoms with Gasteiger partial charge in [-0.2, -0.15) is 0 Å². The number of halogens is 2. The first kappa shape index (κ1) is 36.3. The number of carboxylic acids is 1. The quantitative estimate of drug-likeness (QED) is 0.234. The Morgan fingerprint density at radius 2 is 1.90 bits per heavy atom. The zero-order chi connectivity index (χ0) is 31.2. The van der Waals surface area contributed by atoms with Gasteiger partial charge in [-0.25, -0.2) is 23.4 Å². The molecule has 0 aliphatic carbocycles. The lowest BCUT2D eigenvalue weighted by molar-refractivity contribution is 0.0697. The third kappa shape index (κ3) is 12.8. The van der Waals surface area contributed by atoms with Crippen LogP contribution in [0, 0.1) is 12.8 Å². The molecular weight excluding hydrogens is 567 g/mol. The number of ether oxygens (including phenoxy) is 1. The molecule has 3 rings (SSSR count). The molecule has 0 spiro atoms. The van der Waals surface area contributed by atoms with Gasteiger partial charge in [-0.15, -0.1) is 20.6 Å². The van der Waals surface area contributed by atoms with E-state index in [1.807, 2.05) is 11.3 Å². The molecule has 0 saturated carbocycles. The van der Waals surface area contributed by atoms with Gasteiger partial charge in [-0.3, -0.25) is 4.90 Å². The van der Waals surface area contributed by atoms with Gasteiger partial charge >= 0.3 is 12.1 Å². The molecule has 0 radical (unpaired) electrons. The third-order valence-electron chi connectivity index (χ3n) is 5.94. The largest absolute Gasteiger partial charge is 0.478 e. The highest BCUT2D eigenvalue weighted by molar-refractivity contribution is 7.16. The first-order valence-electron chi connectivity index (χ1n) is 13.6. The Hall–Kier alpha value is -2.68. The number of nitrogens with one attached hydrogen (secondary N) is 1. The SMILES string of the molecule is C/C=C(F)\C=C(\F)CP.CCC1COC(=O)N(c2ccc(C(=O)O)cc2)C1.CCNCc1sc(C(C)(C)C)nc1C. The Bertz CT molecular complexity index is 1180. The van der Waals surface area contributed by atoms with E-state index in [0.29, 0.717) is 24.8 Å². The van der Waals surface area contributed by atoms with E-state index in [1.165, 1.54) is 40.7 Å². The van der Waals surface area contributed by atoms with Crippen LogP contribution in [-0.4, -0.2) is 48.0 Å². The summed E-state index contributed by atoms with van der Waals surface area (Å²) in [6, 6.07) is 6.23. The number of aromatic carboxylic acids is 1. The molecule has 1 aromatic carbocycles. The average Bonchev–Trinajstić information content (AvgIpc) is 3.33. The van der Waals surface area contributed by atoms with Crippen molar-refractivity contribution in [2.45, 2.75) is 66.8 Å². The Balaban J connectivity index is 0.000000327. The average molecular weight is 612 g/mol. The van der Waals surface area contributed by atoms with Crippen LogP contribution in [0.5, 0.6) is 0 Å². The number of hydrogen-bond donors (Lipinski definition) is 2. The van der Waals surface area contributed by atoms with Crippen molar-refractivity contribution in [1.29, 1.82) is 0 Å². The molecule has 2 heterocycles. The number of benzene rings is 1. The van der Waals surface area contributed by atoms with Gasteiger partial charge in [0.05, 0.1) is 22.9 Å². The second kappa shape index (κ2) is 18.0. The highest BCUT2D eigenvalue weighted by Crippen LogP contribution is 2.29. The predicted octanol–water partition coefficient (Wildman–Crippen LogP) is 7.81. The maximum absolute atomic E-state index is 12.1. The lowest BCUT2D eigenvalue weighted by Gasteiger charge is -2.31. The number of amides is 1. The van der Waals surface area contributed by atoms with Crippen molar-refractivity contribution in [2.75, 3.05) is 30.8 Å². The fourth-order valence-corrected chi connectivity index (χ4v) is 4.55. The molecule has 1 aliphatic heterocycles. The highest BCUT2D eigenvalue weighted by Gasteiger charge is 2.27. The highest BCUT2D eigenvalue weighted by atomic mass is 32.1. The number of rotatable bonds is 8. The Morgan fingerprint density at radius 1 is 1.27 bits per heavy atom. The molecule has 1 aliphatic rings. The van der Waals surface area contributed by atoms with Crippen molar-refractivity contribution in [2.24, 2.45) is 5.92 Å². The first-order chi connectivity index (χ1) is 19.3. The van der Waals surface area contributed by atoms with E-state index in [2.05, 4.69) is 61.1 Å². The Kier molecular flexibility index (Phi) is 15.9. The molecule has 1 saturated heterocycles. The van der Waals surface area contributed by atoms with E-state index in [9.17, 15) is 18.4 Å². The number of thiazole rings is 1. The molecule has 0 bridgehead atoms. The van der Waals surface area contributed by atoms with E-state index in [1.54, 1.807) is 17.0 Å². The minimum Gasteiger partial charge on any atom is -0.478 e. The van der Waals surface area contributed by atoms with Gasteiger partial charge in [0.15, 0.2) is 0 Å². The topological polar surface area (TPSA) is 91.8 Å². The van der Waals surface area contributed by atoms with Gasteiger partial charge in [0.1, 0.15) is 11.7 Å². The zero-order valence-corrected chi connectivity index (χ0v) is 27.1. The normalized spacial score (nSPS) is 15.8. The predicted molar refractivity (Wildman–Crippen MR) is 167 cm³/mol. The summed E-state index contributed by atoms with van der Waals surface area (Å²) >= 11 is 1.83. The molecular formula is C30H44F2N3O4PS. The molecule has 1 fully saturated rings. The standard InChI is InChI=1S/C13H15NO4.C11H20N2S.C6H9F2P/c1-2-9-7-14(13(17)18-8-9)11-5-3-10(4-6-11)12(15)16;1-6-12-7-9-8(2)13-10(14-9)11(3,4)5;1-2-5(7)3-6(8)4-9/h3-6,9H,2,7-8H2,1H3,(H,15,16);12H,6-7H2,1-5H3;2-3H,4,9H2,1H3/b;;5-2+,6-3+. The van der Waals surface area contributed by atoms with Gasteiger partial charge in [-0.1, -0.05) is 40.7 Å². The lowest BCUT2D eigenvalue weighted by Crippen LogP contribution is -2.43. The van der Waals surface area contributed by atoms with Crippen LogP contribution in [0.2, 0.25) is 0 Å². The van der Waals surface area contributed by atoms with Crippen molar-refractivity contribution >= 4 is 38.3 Å². The van der Waals surface area contributed by atoms with E-state index in [4.69, 9.17) is 9.84 Å². The lowest BCUT2D eigenvalue weighted by atomic mass is 9.98. The second-order valence-corrected chi connectivity index (χ2v) is 11.8. The Morgan fingerprint density at radius 3 is 2.37 bits per heavy atom. The number of carbonyl (C=O) groups excluding carboxylic acids is 1. The number of cyclic esters (lactones) is 1. The zero-order valence-electron chi connectivity index (χ0n) is 25.1. The van der Waals surface area contributed by atoms with Crippen molar-refractivity contribution in [3.8, 4) is 0 Å². The van der Waals surface area contributed by atoms with E-state index in [0.717, 1.165) is 25.6 Å². The molecule has 2 atom stereocenters. The Labute approximate surface area is 249 Å². The van der Waals surface area contributed by atoms with Crippen LogP contribution in [0.1, 0.15) is 73.9 Å². The third-order valence-corrected chi connectivity index (χ3v) is 7.92. The minimum absolute atomic E-state index is 0.168. The number of allylic oxidation sites excluding steroid dienone is 4. The molecule has 2 unspecified atom stereocenters. The van der Waals surface area contributed by atoms with E-state index in [-0.39, 0.29) is 23.2 Å². The number of anilines is 1. The minimum atomic E-state index is -0.978. The van der Waals surface area contributed by atoms with Crippen LogP contribution >= 0.6 is 20.6 Å². The van der Waals surface area contributed by atoms with Crippen LogP contribution in [0.3, 0.4) is 0 Å². The summed E-state index contributed by atoms with van der Waals surface area (Å²) < 4.78 is 29.3. The summed E-state index contributed by atoms with van der Waals surface area (Å²) in [7, 11) is 2.17. The van der Waals surface area contributed by atoms with Crippen molar-refractivity contribution in [1.82, 2.24) is 10.3 Å². The number of nitrogens with zero attached hydrogens (tertiary/aromatic N) is 2. The number of aryl methyl sites for hydroxylation is 1. The molecule has 1 amide bonds. The fraction of sp³-hybridized carbons (Fsp3) is 0.500. The van der Waals surface area contributed by atoms with Crippen molar-refractivity contribution in [3.63, 3.8) is 0 Å². The van der Waals surface area contributed by atoms with E-state index >= 15 is 0 Å². The van der Waals surface area contributed by atoms with Crippen LogP contribution < -0.4 is 10.2 Å². The van der Waals surface area contributed by atoms with Crippen LogP contribution in [0.15, 0.2) is 48.1 Å². The number of carbonyl (C=O) groups is 2. The molecule has 41 heavy (non-hydrogen) atoms. The maximum atomic E-state index is 12.1. The molecule has 2 aromatic rings. The molecule has 2 N–H and O–H groups in total. The summed E-state index contributed by atoms with van der Waals surface area (Å²) in [5.41, 5.74) is 2.24. The van der Waals surface area contributed by atoms with Gasteiger partial charge < -0.3 is 15.2 Å². The van der Waals surface area contributed by atoms with Crippen LogP contribution in [0.25, 0.3) is 0 Å². The summed E-state index contributed by atoms with van der Waals surface area (Å²) in [6.07, 6.45) is 2.81. The van der Waals surface area contributed by atoms with Crippen LogP contribution in [-0.2, 0) is 16.7 Å². The van der Waals surface area contributed by atoms with Crippen molar-refractivity contribution in [3.05, 3.63) is 69.2 Å². The number of carboxylic acid groups (broad SMARTS) is 1. The smallest absolute Gasteiger partial charge is 0.414 e. The van der Waals surface area contributed by atoms with Gasteiger partial charge in [0, 0.05) is 47.2 Å². The number of aromatic nitrogens is 1. The van der Waals surface area contributed by atoms with Gasteiger partial charge in [0.2, 0.25) is 0 Å². The molecule has 228 valence electrons. The van der Waals surface area contributed by atoms with Gasteiger partial charge in [0.25, 0.3) is 0 Å². The summed E-state index contributed by atoms with van der Waals surface area (Å²) in [6.45, 7) is 17.5. The molecule has 11 heteroatoms. The van der Waals surface area contributed by atoms with E-state index < -0.39 is 17.6 Å². The van der Waals surface area contributed by atoms with Crippen molar-refractivity contribution < 1.29 is 28.2 Å². The molecule has 7 nitrogen and oxygen atoms in total. The van der Waals surface area contributed by atoms with Gasteiger partial charge in [-0.05, 0) is 51.1 Å². The summed E-state index contributed by atoms with van der Waals surface area (Å²) in [5, 5.41) is 13.4. The van der Waals surface area contributed by atoms with Crippen LogP contribution in [0.4, 0.5) is 19.3 Å². The summed E-state index contributed by atoms with van der Waals surface area (Å²) in [4.78, 5) is 29.9.